The van der Waals surface area contributed by atoms with Gasteiger partial charge in [-0.3, -0.25) is 0 Å². The highest BCUT2D eigenvalue weighted by Gasteiger charge is 2.07. The van der Waals surface area contributed by atoms with E-state index in [1.807, 2.05) is 0 Å². The average Bonchev–Trinajstić information content (AvgIpc) is 3.16. The summed E-state index contributed by atoms with van der Waals surface area (Å²) in [7, 11) is 0. The van der Waals surface area contributed by atoms with Crippen molar-refractivity contribution in [2.45, 2.75) is 26.7 Å². The lowest BCUT2D eigenvalue weighted by atomic mass is 9.93. The molecule has 0 N–H and O–H groups in total. The van der Waals surface area contributed by atoms with E-state index in [9.17, 15) is 0 Å². The third-order valence-corrected chi connectivity index (χ3v) is 5.21. The second-order valence-electron chi connectivity index (χ2n) is 7.68. The van der Waals surface area contributed by atoms with Crippen LogP contribution in [0, 0.1) is 18.3 Å². The van der Waals surface area contributed by atoms with E-state index in [-0.39, 0.29) is 0 Å². The van der Waals surface area contributed by atoms with Crippen LogP contribution in [-0.4, -0.2) is 0 Å². The van der Waals surface area contributed by atoms with Crippen LogP contribution in [0.4, 0.5) is 0 Å². The summed E-state index contributed by atoms with van der Waals surface area (Å²) in [6.07, 6.45) is 12.4. The topological polar surface area (TPSA) is 0 Å². The van der Waals surface area contributed by atoms with E-state index in [0.717, 1.165) is 18.4 Å². The van der Waals surface area contributed by atoms with Gasteiger partial charge in [0.1, 0.15) is 0 Å². The maximum absolute atomic E-state index is 5.76. The summed E-state index contributed by atoms with van der Waals surface area (Å²) in [5.41, 5.74) is 7.17. The van der Waals surface area contributed by atoms with Crippen LogP contribution in [0.15, 0.2) is 60.7 Å². The Morgan fingerprint density at radius 2 is 1.37 bits per heavy atom. The Kier molecular flexibility index (Phi) is 4.69. The Morgan fingerprint density at radius 3 is 2.04 bits per heavy atom. The van der Waals surface area contributed by atoms with Crippen molar-refractivity contribution in [3.63, 3.8) is 0 Å². The maximum Gasteiger partial charge on any atom is 0.0280 e. The molecule has 1 aliphatic rings. The molecule has 27 heavy (non-hydrogen) atoms. The molecule has 0 saturated carbocycles. The van der Waals surface area contributed by atoms with E-state index in [2.05, 4.69) is 92.6 Å². The third kappa shape index (κ3) is 3.60. The molecule has 3 aromatic rings. The average molecular weight is 348 g/mol. The van der Waals surface area contributed by atoms with Crippen LogP contribution in [-0.2, 0) is 6.42 Å². The number of hydrogen-bond donors (Lipinski definition) is 0. The van der Waals surface area contributed by atoms with Gasteiger partial charge in [0, 0.05) is 5.56 Å². The molecule has 0 heterocycles. The molecule has 0 unspecified atom stereocenters. The molecule has 0 nitrogen and oxygen atoms in total. The standard InChI is InChI=1S/C27H24/c1-4-20-17-26(15-14-25(20)16-19(2)3)22-8-10-23(11-9-22)27-13-12-21-6-5-7-24(21)18-27/h1,6-15,17-19H,5,16H2,2-3H3. The van der Waals surface area contributed by atoms with Gasteiger partial charge in [-0.05, 0) is 69.1 Å². The van der Waals surface area contributed by atoms with Gasteiger partial charge in [-0.15, -0.1) is 6.42 Å². The van der Waals surface area contributed by atoms with Crippen molar-refractivity contribution in [1.29, 1.82) is 0 Å². The first kappa shape index (κ1) is 17.4. The maximum atomic E-state index is 5.76. The largest absolute Gasteiger partial charge is 0.115 e. The van der Waals surface area contributed by atoms with Gasteiger partial charge in [-0.2, -0.15) is 0 Å². The fourth-order valence-electron chi connectivity index (χ4n) is 3.79. The minimum Gasteiger partial charge on any atom is -0.115 e. The normalized spacial score (nSPS) is 12.2. The van der Waals surface area contributed by atoms with Gasteiger partial charge < -0.3 is 0 Å². The minimum atomic E-state index is 0.601. The molecule has 3 aromatic carbocycles. The molecule has 132 valence electrons. The smallest absolute Gasteiger partial charge is 0.0280 e. The Hall–Kier alpha value is -3.04. The second-order valence-corrected chi connectivity index (χ2v) is 7.68. The fourth-order valence-corrected chi connectivity index (χ4v) is 3.79. The second kappa shape index (κ2) is 7.29. The van der Waals surface area contributed by atoms with Crippen molar-refractivity contribution in [3.8, 4) is 34.6 Å². The number of terminal acetylenes is 1. The van der Waals surface area contributed by atoms with Gasteiger partial charge in [-0.25, -0.2) is 0 Å². The molecule has 4 rings (SSSR count). The van der Waals surface area contributed by atoms with Crippen molar-refractivity contribution in [3.05, 3.63) is 82.2 Å². The van der Waals surface area contributed by atoms with Gasteiger partial charge in [0.2, 0.25) is 0 Å². The molecule has 0 aliphatic heterocycles. The van der Waals surface area contributed by atoms with Gasteiger partial charge in [0.15, 0.2) is 0 Å². The van der Waals surface area contributed by atoms with Crippen LogP contribution >= 0.6 is 0 Å². The summed E-state index contributed by atoms with van der Waals surface area (Å²) in [5, 5.41) is 2.69. The molecular weight excluding hydrogens is 324 g/mol. The van der Waals surface area contributed by atoms with E-state index in [1.54, 1.807) is 0 Å². The summed E-state index contributed by atoms with van der Waals surface area (Å²) < 4.78 is 0. The molecule has 0 fully saturated rings. The molecule has 0 aromatic heterocycles. The summed E-state index contributed by atoms with van der Waals surface area (Å²) in [6, 6.07) is 22.0. The highest BCUT2D eigenvalue weighted by atomic mass is 14.1. The van der Waals surface area contributed by atoms with E-state index in [0.29, 0.717) is 5.92 Å². The van der Waals surface area contributed by atoms with Crippen molar-refractivity contribution >= 4 is 12.2 Å². The van der Waals surface area contributed by atoms with Gasteiger partial charge in [0.05, 0.1) is 0 Å². The zero-order valence-corrected chi connectivity index (χ0v) is 16.0. The predicted octanol–water partition coefficient (Wildman–Crippen LogP) is 5.17. The molecule has 0 saturated heterocycles. The number of hydrogen-bond acceptors (Lipinski definition) is 0. The third-order valence-electron chi connectivity index (χ3n) is 5.21. The molecule has 0 spiro atoms. The first-order chi connectivity index (χ1) is 13.1. The lowest BCUT2D eigenvalue weighted by molar-refractivity contribution is 0.646. The molecule has 0 bridgehead atoms. The van der Waals surface area contributed by atoms with Gasteiger partial charge >= 0.3 is 0 Å². The van der Waals surface area contributed by atoms with Crippen LogP contribution in [0.2, 0.25) is 0 Å². The minimum absolute atomic E-state index is 0.601. The monoisotopic (exact) mass is 348 g/mol. The predicted molar refractivity (Wildman–Crippen MR) is 117 cm³/mol. The van der Waals surface area contributed by atoms with Crippen molar-refractivity contribution < 1.29 is 0 Å². The SMILES string of the molecule is C#Cc1cc(-c2ccc(-c3ccc4c(c3)=CCC=4)cc2)ccc1CC(C)C. The molecule has 1 aliphatic carbocycles. The van der Waals surface area contributed by atoms with Crippen LogP contribution in [0.3, 0.4) is 0 Å². The lowest BCUT2D eigenvalue weighted by Crippen LogP contribution is -2.20. The van der Waals surface area contributed by atoms with E-state index < -0.39 is 0 Å². The summed E-state index contributed by atoms with van der Waals surface area (Å²) in [4.78, 5) is 0. The van der Waals surface area contributed by atoms with Crippen molar-refractivity contribution in [2.75, 3.05) is 0 Å². The van der Waals surface area contributed by atoms with Crippen molar-refractivity contribution in [2.24, 2.45) is 5.92 Å². The number of benzene rings is 3. The summed E-state index contributed by atoms with van der Waals surface area (Å²) in [6.45, 7) is 4.45. The summed E-state index contributed by atoms with van der Waals surface area (Å²) in [5.74, 6) is 3.47. The van der Waals surface area contributed by atoms with Crippen molar-refractivity contribution in [1.82, 2.24) is 0 Å². The zero-order chi connectivity index (χ0) is 18.8. The van der Waals surface area contributed by atoms with Crippen LogP contribution in [0.1, 0.15) is 31.4 Å². The highest BCUT2D eigenvalue weighted by Crippen LogP contribution is 2.26. The molecule has 0 radical (unpaired) electrons. The Labute approximate surface area is 161 Å². The number of fused-ring (bicyclic) bond motifs is 1. The van der Waals surface area contributed by atoms with E-state index >= 15 is 0 Å². The molecule has 0 amide bonds. The first-order valence-electron chi connectivity index (χ1n) is 9.65. The Bertz CT molecular complexity index is 1140. The van der Waals surface area contributed by atoms with E-state index in [4.69, 9.17) is 6.42 Å². The Balaban J connectivity index is 1.65. The fraction of sp³-hybridized carbons (Fsp3) is 0.185. The molecular formula is C27H24. The van der Waals surface area contributed by atoms with Gasteiger partial charge in [0.25, 0.3) is 0 Å². The Morgan fingerprint density at radius 1 is 0.778 bits per heavy atom. The quantitative estimate of drug-likeness (QED) is 0.571. The van der Waals surface area contributed by atoms with Gasteiger partial charge in [-0.1, -0.05) is 80.5 Å². The molecule has 0 heteroatoms. The van der Waals surface area contributed by atoms with Crippen LogP contribution < -0.4 is 10.4 Å². The summed E-state index contributed by atoms with van der Waals surface area (Å²) >= 11 is 0. The highest BCUT2D eigenvalue weighted by molar-refractivity contribution is 5.72. The van der Waals surface area contributed by atoms with E-state index in [1.165, 1.54) is 38.3 Å². The lowest BCUT2D eigenvalue weighted by Gasteiger charge is -2.11. The zero-order valence-electron chi connectivity index (χ0n) is 16.0. The number of rotatable bonds is 4. The molecule has 0 atom stereocenters. The van der Waals surface area contributed by atoms with Crippen LogP contribution in [0.5, 0.6) is 0 Å². The van der Waals surface area contributed by atoms with Crippen LogP contribution in [0.25, 0.3) is 34.4 Å². The first-order valence-corrected chi connectivity index (χ1v) is 9.65.